The van der Waals surface area contributed by atoms with Gasteiger partial charge in [0.15, 0.2) is 0 Å². The summed E-state index contributed by atoms with van der Waals surface area (Å²) in [6, 6.07) is 11.5. The first-order valence-electron chi connectivity index (χ1n) is 6.81. The Morgan fingerprint density at radius 2 is 1.43 bits per heavy atom. The number of hydrogen-bond donors (Lipinski definition) is 1. The molecule has 0 heterocycles. The molecule has 0 spiro atoms. The van der Waals surface area contributed by atoms with Crippen molar-refractivity contribution in [2.24, 2.45) is 0 Å². The minimum Gasteiger partial charge on any atom is -0.496 e. The molecular weight excluding hydrogens is 298 g/mol. The molecule has 0 saturated carbocycles. The lowest BCUT2D eigenvalue weighted by atomic mass is 10.1. The third-order valence-corrected chi connectivity index (χ3v) is 3.22. The molecule has 0 aliphatic carbocycles. The molecule has 2 aromatic carbocycles. The van der Waals surface area contributed by atoms with Gasteiger partial charge >= 0.3 is 5.97 Å². The summed E-state index contributed by atoms with van der Waals surface area (Å²) < 4.78 is 15.0. The number of carbonyl (C=O) groups is 2. The van der Waals surface area contributed by atoms with E-state index in [-0.39, 0.29) is 5.91 Å². The van der Waals surface area contributed by atoms with E-state index in [1.807, 2.05) is 0 Å². The molecule has 6 heteroatoms. The largest absolute Gasteiger partial charge is 0.496 e. The van der Waals surface area contributed by atoms with E-state index in [2.05, 4.69) is 10.1 Å². The van der Waals surface area contributed by atoms with Crippen molar-refractivity contribution in [2.45, 2.75) is 0 Å². The highest BCUT2D eigenvalue weighted by atomic mass is 16.5. The highest BCUT2D eigenvalue weighted by molar-refractivity contribution is 6.08. The first-order valence-corrected chi connectivity index (χ1v) is 6.81. The van der Waals surface area contributed by atoms with Crippen LogP contribution in [0.1, 0.15) is 20.7 Å². The summed E-state index contributed by atoms with van der Waals surface area (Å²) >= 11 is 0. The predicted octanol–water partition coefficient (Wildman–Crippen LogP) is 2.74. The Bertz CT molecular complexity index is 687. The minimum absolute atomic E-state index is 0.301. The SMILES string of the molecule is COC(=O)c1ccc(NC(=O)c2c(OC)cccc2OC)cc1. The molecule has 0 aliphatic heterocycles. The van der Waals surface area contributed by atoms with E-state index in [0.29, 0.717) is 28.3 Å². The van der Waals surface area contributed by atoms with Gasteiger partial charge in [0.25, 0.3) is 5.91 Å². The monoisotopic (exact) mass is 315 g/mol. The van der Waals surface area contributed by atoms with Crippen molar-refractivity contribution in [3.8, 4) is 11.5 Å². The van der Waals surface area contributed by atoms with E-state index in [4.69, 9.17) is 9.47 Å². The first kappa shape index (κ1) is 16.4. The van der Waals surface area contributed by atoms with Crippen LogP contribution in [0.3, 0.4) is 0 Å². The maximum Gasteiger partial charge on any atom is 0.337 e. The van der Waals surface area contributed by atoms with E-state index in [1.165, 1.54) is 21.3 Å². The maximum atomic E-state index is 12.5. The van der Waals surface area contributed by atoms with E-state index in [1.54, 1.807) is 42.5 Å². The molecule has 0 unspecified atom stereocenters. The van der Waals surface area contributed by atoms with Crippen LogP contribution in [0, 0.1) is 0 Å². The van der Waals surface area contributed by atoms with E-state index in [0.717, 1.165) is 0 Å². The maximum absolute atomic E-state index is 12.5. The summed E-state index contributed by atoms with van der Waals surface area (Å²) in [6.07, 6.45) is 0. The van der Waals surface area contributed by atoms with Gasteiger partial charge in [-0.3, -0.25) is 4.79 Å². The zero-order valence-electron chi connectivity index (χ0n) is 13.1. The molecule has 0 aromatic heterocycles. The molecule has 1 amide bonds. The normalized spacial score (nSPS) is 9.87. The first-order chi connectivity index (χ1) is 11.1. The van der Waals surface area contributed by atoms with Gasteiger partial charge in [-0.1, -0.05) is 6.07 Å². The minimum atomic E-state index is -0.436. The molecule has 0 radical (unpaired) electrons. The van der Waals surface area contributed by atoms with Crippen LogP contribution in [-0.2, 0) is 4.74 Å². The van der Waals surface area contributed by atoms with E-state index >= 15 is 0 Å². The number of carbonyl (C=O) groups excluding carboxylic acids is 2. The number of hydrogen-bond acceptors (Lipinski definition) is 5. The van der Waals surface area contributed by atoms with E-state index in [9.17, 15) is 9.59 Å². The molecule has 0 saturated heterocycles. The topological polar surface area (TPSA) is 73.9 Å². The smallest absolute Gasteiger partial charge is 0.337 e. The molecule has 0 fully saturated rings. The van der Waals surface area contributed by atoms with E-state index < -0.39 is 5.97 Å². The van der Waals surface area contributed by atoms with Crippen LogP contribution >= 0.6 is 0 Å². The Morgan fingerprint density at radius 3 is 1.91 bits per heavy atom. The van der Waals surface area contributed by atoms with Gasteiger partial charge in [-0.15, -0.1) is 0 Å². The number of esters is 1. The van der Waals surface area contributed by atoms with Crippen molar-refractivity contribution in [1.82, 2.24) is 0 Å². The zero-order valence-corrected chi connectivity index (χ0v) is 13.1. The van der Waals surface area contributed by atoms with Crippen LogP contribution in [0.15, 0.2) is 42.5 Å². The fraction of sp³-hybridized carbons (Fsp3) is 0.176. The number of rotatable bonds is 5. The lowest BCUT2D eigenvalue weighted by Crippen LogP contribution is -2.14. The summed E-state index contributed by atoms with van der Waals surface area (Å²) in [5, 5.41) is 2.74. The molecular formula is C17H17NO5. The second-order valence-corrected chi connectivity index (χ2v) is 4.56. The molecule has 0 bridgehead atoms. The summed E-state index contributed by atoms with van der Waals surface area (Å²) in [5.41, 5.74) is 1.24. The molecule has 2 aromatic rings. The van der Waals surface area contributed by atoms with Gasteiger partial charge in [0, 0.05) is 5.69 Å². The summed E-state index contributed by atoms with van der Waals surface area (Å²) in [4.78, 5) is 23.9. The number of nitrogens with one attached hydrogen (secondary N) is 1. The zero-order chi connectivity index (χ0) is 16.8. The molecule has 6 nitrogen and oxygen atoms in total. The Kier molecular flexibility index (Phi) is 5.19. The van der Waals surface area contributed by atoms with Crippen LogP contribution in [0.5, 0.6) is 11.5 Å². The van der Waals surface area contributed by atoms with Gasteiger partial charge in [-0.2, -0.15) is 0 Å². The standard InChI is InChI=1S/C17H17NO5/c1-21-13-5-4-6-14(22-2)15(13)16(19)18-12-9-7-11(8-10-12)17(20)23-3/h4-10H,1-3H3,(H,18,19). The molecule has 23 heavy (non-hydrogen) atoms. The Balaban J connectivity index is 2.24. The second kappa shape index (κ2) is 7.31. The lowest BCUT2D eigenvalue weighted by molar-refractivity contribution is 0.0600. The molecule has 1 N–H and O–H groups in total. The van der Waals surface area contributed by atoms with Gasteiger partial charge < -0.3 is 19.5 Å². The van der Waals surface area contributed by atoms with Gasteiger partial charge in [-0.05, 0) is 36.4 Å². The summed E-state index contributed by atoms with van der Waals surface area (Å²) in [7, 11) is 4.28. The number of anilines is 1. The second-order valence-electron chi connectivity index (χ2n) is 4.56. The summed E-state index contributed by atoms with van der Waals surface area (Å²) in [6.45, 7) is 0. The molecule has 0 aliphatic rings. The molecule has 2 rings (SSSR count). The molecule has 120 valence electrons. The fourth-order valence-electron chi connectivity index (χ4n) is 2.08. The molecule has 0 atom stereocenters. The van der Waals surface area contributed by atoms with Gasteiger partial charge in [-0.25, -0.2) is 4.79 Å². The van der Waals surface area contributed by atoms with Gasteiger partial charge in [0.2, 0.25) is 0 Å². The number of methoxy groups -OCH3 is 3. The highest BCUT2D eigenvalue weighted by Crippen LogP contribution is 2.29. The lowest BCUT2D eigenvalue weighted by Gasteiger charge is -2.13. The fourth-order valence-corrected chi connectivity index (χ4v) is 2.08. The van der Waals surface area contributed by atoms with Gasteiger partial charge in [0.1, 0.15) is 17.1 Å². The van der Waals surface area contributed by atoms with Crippen LogP contribution in [-0.4, -0.2) is 33.2 Å². The van der Waals surface area contributed by atoms with Crippen LogP contribution < -0.4 is 14.8 Å². The number of ether oxygens (including phenoxy) is 3. The Labute approximate surface area is 134 Å². The number of amides is 1. The average molecular weight is 315 g/mol. The third-order valence-electron chi connectivity index (χ3n) is 3.22. The van der Waals surface area contributed by atoms with Crippen LogP contribution in [0.25, 0.3) is 0 Å². The quantitative estimate of drug-likeness (QED) is 0.859. The van der Waals surface area contributed by atoms with Crippen LogP contribution in [0.2, 0.25) is 0 Å². The summed E-state index contributed by atoms with van der Waals surface area (Å²) in [5.74, 6) is 0.0143. The number of benzene rings is 2. The Morgan fingerprint density at radius 1 is 0.870 bits per heavy atom. The van der Waals surface area contributed by atoms with Gasteiger partial charge in [0.05, 0.1) is 26.9 Å². The van der Waals surface area contributed by atoms with Crippen molar-refractivity contribution >= 4 is 17.6 Å². The third kappa shape index (κ3) is 3.60. The van der Waals surface area contributed by atoms with Crippen molar-refractivity contribution in [1.29, 1.82) is 0 Å². The van der Waals surface area contributed by atoms with Crippen molar-refractivity contribution in [2.75, 3.05) is 26.6 Å². The predicted molar refractivity (Wildman–Crippen MR) is 85.3 cm³/mol. The van der Waals surface area contributed by atoms with Crippen molar-refractivity contribution in [3.63, 3.8) is 0 Å². The average Bonchev–Trinajstić information content (AvgIpc) is 2.60. The van der Waals surface area contributed by atoms with Crippen molar-refractivity contribution < 1.29 is 23.8 Å². The van der Waals surface area contributed by atoms with Crippen molar-refractivity contribution in [3.05, 3.63) is 53.6 Å². The Hall–Kier alpha value is -3.02. The highest BCUT2D eigenvalue weighted by Gasteiger charge is 2.18. The van der Waals surface area contributed by atoms with Crippen LogP contribution in [0.4, 0.5) is 5.69 Å².